The van der Waals surface area contributed by atoms with Crippen LogP contribution in [0.15, 0.2) is 42.6 Å². The smallest absolute Gasteiger partial charge is 0.303 e. The number of aromatic nitrogens is 1. The van der Waals surface area contributed by atoms with Gasteiger partial charge in [0.25, 0.3) is 0 Å². The second-order valence-electron chi connectivity index (χ2n) is 5.25. The van der Waals surface area contributed by atoms with Crippen LogP contribution in [0.25, 0.3) is 0 Å². The van der Waals surface area contributed by atoms with Gasteiger partial charge in [-0.15, -0.1) is 0 Å². The quantitative estimate of drug-likeness (QED) is 0.811. The maximum absolute atomic E-state index is 10.6. The maximum Gasteiger partial charge on any atom is 0.303 e. The van der Waals surface area contributed by atoms with Crippen LogP contribution >= 0.6 is 0 Å². The average Bonchev–Trinajstić information content (AvgIpc) is 2.50. The van der Waals surface area contributed by atoms with E-state index in [0.29, 0.717) is 13.0 Å². The Morgan fingerprint density at radius 2 is 1.86 bits per heavy atom. The first-order valence-corrected chi connectivity index (χ1v) is 7.49. The molecule has 2 aromatic rings. The third-order valence-corrected chi connectivity index (χ3v) is 3.48. The van der Waals surface area contributed by atoms with E-state index in [9.17, 15) is 4.79 Å². The fourth-order valence-corrected chi connectivity index (χ4v) is 2.29. The highest BCUT2D eigenvalue weighted by Crippen LogP contribution is 2.14. The summed E-state index contributed by atoms with van der Waals surface area (Å²) in [4.78, 5) is 14.8. The van der Waals surface area contributed by atoms with Gasteiger partial charge in [0.2, 0.25) is 0 Å². The third kappa shape index (κ3) is 5.20. The predicted molar refractivity (Wildman–Crippen MR) is 85.2 cm³/mol. The van der Waals surface area contributed by atoms with Crippen LogP contribution in [0.4, 0.5) is 0 Å². The molecule has 1 heterocycles. The summed E-state index contributed by atoms with van der Waals surface area (Å²) in [6, 6.07) is 12.0. The minimum absolute atomic E-state index is 0.208. The van der Waals surface area contributed by atoms with Gasteiger partial charge in [-0.1, -0.05) is 24.3 Å². The van der Waals surface area contributed by atoms with Crippen LogP contribution in [0.5, 0.6) is 5.75 Å². The summed E-state index contributed by atoms with van der Waals surface area (Å²) in [5, 5.41) is 8.72. The molecule has 1 aromatic carbocycles. The Labute approximate surface area is 130 Å². The molecular formula is C18H21NO3. The Kier molecular flexibility index (Phi) is 5.95. The van der Waals surface area contributed by atoms with E-state index in [-0.39, 0.29) is 6.42 Å². The summed E-state index contributed by atoms with van der Waals surface area (Å²) in [5.74, 6) is 0.0293. The Balaban J connectivity index is 1.86. The molecule has 0 saturated carbocycles. The van der Waals surface area contributed by atoms with E-state index in [1.165, 1.54) is 11.1 Å². The Bertz CT molecular complexity index is 608. The van der Waals surface area contributed by atoms with Crippen LogP contribution in [-0.4, -0.2) is 22.7 Å². The number of carbonyl (C=O) groups is 1. The number of carboxylic acid groups (broad SMARTS) is 1. The van der Waals surface area contributed by atoms with Crippen molar-refractivity contribution in [2.75, 3.05) is 6.61 Å². The molecule has 0 saturated heterocycles. The second-order valence-corrected chi connectivity index (χ2v) is 5.25. The van der Waals surface area contributed by atoms with Crippen molar-refractivity contribution in [2.24, 2.45) is 0 Å². The van der Waals surface area contributed by atoms with Crippen molar-refractivity contribution in [3.63, 3.8) is 0 Å². The van der Waals surface area contributed by atoms with Gasteiger partial charge in [0.15, 0.2) is 0 Å². The van der Waals surface area contributed by atoms with Crippen LogP contribution in [0, 0.1) is 6.92 Å². The molecule has 0 amide bonds. The molecule has 4 heteroatoms. The number of nitrogens with zero attached hydrogens (tertiary/aromatic N) is 1. The SMILES string of the molecule is Cc1ccc(OCCc2ccccc2CCCC(=O)O)cn1. The number of benzene rings is 1. The number of rotatable bonds is 8. The number of hydrogen-bond acceptors (Lipinski definition) is 3. The van der Waals surface area contributed by atoms with Crippen LogP contribution in [0.3, 0.4) is 0 Å². The summed E-state index contributed by atoms with van der Waals surface area (Å²) in [5.41, 5.74) is 3.39. The van der Waals surface area contributed by atoms with Crippen molar-refractivity contribution < 1.29 is 14.6 Å². The molecule has 0 aliphatic heterocycles. The molecule has 0 spiro atoms. The Morgan fingerprint density at radius 3 is 2.50 bits per heavy atom. The zero-order valence-electron chi connectivity index (χ0n) is 12.8. The van der Waals surface area contributed by atoms with Gasteiger partial charge < -0.3 is 9.84 Å². The van der Waals surface area contributed by atoms with E-state index in [1.54, 1.807) is 6.20 Å². The average molecular weight is 299 g/mol. The zero-order chi connectivity index (χ0) is 15.8. The molecule has 0 atom stereocenters. The molecule has 2 rings (SSSR count). The number of carboxylic acids is 1. The summed E-state index contributed by atoms with van der Waals surface area (Å²) in [7, 11) is 0. The number of ether oxygens (including phenoxy) is 1. The highest BCUT2D eigenvalue weighted by atomic mass is 16.5. The van der Waals surface area contributed by atoms with Gasteiger partial charge in [0, 0.05) is 18.5 Å². The lowest BCUT2D eigenvalue weighted by molar-refractivity contribution is -0.137. The van der Waals surface area contributed by atoms with Crippen LogP contribution in [-0.2, 0) is 17.6 Å². The molecule has 0 aliphatic rings. The van der Waals surface area contributed by atoms with Gasteiger partial charge in [-0.25, -0.2) is 0 Å². The van der Waals surface area contributed by atoms with E-state index in [2.05, 4.69) is 17.1 Å². The van der Waals surface area contributed by atoms with E-state index >= 15 is 0 Å². The van der Waals surface area contributed by atoms with Crippen molar-refractivity contribution in [3.05, 3.63) is 59.4 Å². The van der Waals surface area contributed by atoms with Crippen LogP contribution < -0.4 is 4.74 Å². The summed E-state index contributed by atoms with van der Waals surface area (Å²) in [6.07, 6.45) is 4.19. The number of aliphatic carboxylic acids is 1. The van der Waals surface area contributed by atoms with Gasteiger partial charge in [-0.05, 0) is 43.0 Å². The first kappa shape index (κ1) is 16.0. The molecule has 1 N–H and O–H groups in total. The normalized spacial score (nSPS) is 10.4. The highest BCUT2D eigenvalue weighted by molar-refractivity contribution is 5.66. The Morgan fingerprint density at radius 1 is 1.14 bits per heavy atom. The number of hydrogen-bond donors (Lipinski definition) is 1. The molecular weight excluding hydrogens is 278 g/mol. The Hall–Kier alpha value is -2.36. The minimum atomic E-state index is -0.743. The highest BCUT2D eigenvalue weighted by Gasteiger charge is 2.04. The fourth-order valence-electron chi connectivity index (χ4n) is 2.29. The molecule has 0 aliphatic carbocycles. The molecule has 4 nitrogen and oxygen atoms in total. The van der Waals surface area contributed by atoms with E-state index in [1.807, 2.05) is 31.2 Å². The first-order valence-electron chi connectivity index (χ1n) is 7.49. The molecule has 0 radical (unpaired) electrons. The third-order valence-electron chi connectivity index (χ3n) is 3.48. The predicted octanol–water partition coefficient (Wildman–Crippen LogP) is 3.42. The summed E-state index contributed by atoms with van der Waals surface area (Å²) in [6.45, 7) is 2.53. The van der Waals surface area contributed by atoms with Crippen molar-refractivity contribution >= 4 is 5.97 Å². The molecule has 0 bridgehead atoms. The van der Waals surface area contributed by atoms with Gasteiger partial charge in [0.1, 0.15) is 5.75 Å². The fraction of sp³-hybridized carbons (Fsp3) is 0.333. The maximum atomic E-state index is 10.6. The number of pyridine rings is 1. The zero-order valence-corrected chi connectivity index (χ0v) is 12.8. The van der Waals surface area contributed by atoms with Gasteiger partial charge >= 0.3 is 5.97 Å². The molecule has 1 aromatic heterocycles. The van der Waals surface area contributed by atoms with Crippen LogP contribution in [0.1, 0.15) is 29.7 Å². The van der Waals surface area contributed by atoms with Gasteiger partial charge in [-0.2, -0.15) is 0 Å². The van der Waals surface area contributed by atoms with Gasteiger partial charge in [0.05, 0.1) is 12.8 Å². The van der Waals surface area contributed by atoms with E-state index in [4.69, 9.17) is 9.84 Å². The molecule has 22 heavy (non-hydrogen) atoms. The largest absolute Gasteiger partial charge is 0.492 e. The topological polar surface area (TPSA) is 59.4 Å². The lowest BCUT2D eigenvalue weighted by Crippen LogP contribution is -2.05. The standard InChI is InChI=1S/C18H21NO3/c1-14-9-10-17(13-19-14)22-12-11-16-6-3-2-5-15(16)7-4-8-18(20)21/h2-3,5-6,9-10,13H,4,7-8,11-12H2,1H3,(H,20,21). The van der Waals surface area contributed by atoms with Crippen molar-refractivity contribution in [2.45, 2.75) is 32.6 Å². The lowest BCUT2D eigenvalue weighted by Gasteiger charge is -2.10. The molecule has 0 fully saturated rings. The van der Waals surface area contributed by atoms with Gasteiger partial charge in [-0.3, -0.25) is 9.78 Å². The monoisotopic (exact) mass is 299 g/mol. The summed E-state index contributed by atoms with van der Waals surface area (Å²) >= 11 is 0. The van der Waals surface area contributed by atoms with Crippen LogP contribution in [0.2, 0.25) is 0 Å². The van der Waals surface area contributed by atoms with E-state index in [0.717, 1.165) is 24.3 Å². The van der Waals surface area contributed by atoms with Crippen molar-refractivity contribution in [1.29, 1.82) is 0 Å². The van der Waals surface area contributed by atoms with Crippen molar-refractivity contribution in [3.8, 4) is 5.75 Å². The summed E-state index contributed by atoms with van der Waals surface area (Å²) < 4.78 is 5.71. The molecule has 0 unspecified atom stereocenters. The number of aryl methyl sites for hydroxylation is 2. The first-order chi connectivity index (χ1) is 10.6. The second kappa shape index (κ2) is 8.17. The van der Waals surface area contributed by atoms with E-state index < -0.39 is 5.97 Å². The lowest BCUT2D eigenvalue weighted by atomic mass is 10.00. The minimum Gasteiger partial charge on any atom is -0.492 e. The molecule has 116 valence electrons. The van der Waals surface area contributed by atoms with Crippen molar-refractivity contribution in [1.82, 2.24) is 4.98 Å².